The van der Waals surface area contributed by atoms with Crippen LogP contribution in [0.1, 0.15) is 27.2 Å². The summed E-state index contributed by atoms with van der Waals surface area (Å²) >= 11 is 6.13. The maximum atomic E-state index is 14.6. The highest BCUT2D eigenvalue weighted by Gasteiger charge is 2.75. The Morgan fingerprint density at radius 1 is 0.907 bits per heavy atom. The van der Waals surface area contributed by atoms with Crippen LogP contribution < -0.4 is 14.5 Å². The molecule has 4 heterocycles. The van der Waals surface area contributed by atoms with Crippen LogP contribution in [0.4, 0.5) is 11.4 Å². The number of rotatable bonds is 7. The summed E-state index contributed by atoms with van der Waals surface area (Å²) in [6.45, 7) is 6.34. The molecule has 0 aromatic heterocycles. The highest BCUT2D eigenvalue weighted by molar-refractivity contribution is 6.30. The van der Waals surface area contributed by atoms with E-state index in [9.17, 15) is 19.5 Å². The molecule has 2 fully saturated rings. The summed E-state index contributed by atoms with van der Waals surface area (Å²) in [6.07, 6.45) is 7.81. The molecule has 10 heteroatoms. The molecule has 6 atom stereocenters. The van der Waals surface area contributed by atoms with Crippen LogP contribution in [-0.2, 0) is 19.1 Å². The number of nitrogens with zero attached hydrogens (tertiary/aromatic N) is 3. The van der Waals surface area contributed by atoms with Crippen molar-refractivity contribution in [2.75, 3.05) is 36.1 Å². The van der Waals surface area contributed by atoms with E-state index in [2.05, 4.69) is 0 Å². The molecule has 0 aliphatic carbocycles. The molecule has 1 N–H and O–H groups in total. The molecule has 1 spiro atoms. The molecule has 43 heavy (non-hydrogen) atoms. The maximum Gasteiger partial charge on any atom is 0.253 e. The number of anilines is 2. The summed E-state index contributed by atoms with van der Waals surface area (Å²) < 4.78 is 12.5. The lowest BCUT2D eigenvalue weighted by Gasteiger charge is -2.40. The van der Waals surface area contributed by atoms with Gasteiger partial charge >= 0.3 is 0 Å². The number of likely N-dealkylation sites (tertiary alicyclic amines) is 1. The molecule has 2 saturated heterocycles. The zero-order valence-electron chi connectivity index (χ0n) is 24.5. The predicted molar refractivity (Wildman–Crippen MR) is 163 cm³/mol. The second-order valence-electron chi connectivity index (χ2n) is 11.6. The Kier molecular flexibility index (Phi) is 7.61. The van der Waals surface area contributed by atoms with Crippen molar-refractivity contribution in [1.82, 2.24) is 4.90 Å². The summed E-state index contributed by atoms with van der Waals surface area (Å²) in [5, 5.41) is 10.9. The lowest BCUT2D eigenvalue weighted by atomic mass is 9.74. The molecule has 1 unspecified atom stereocenters. The number of carbonyl (C=O) groups is 3. The molecule has 0 saturated carbocycles. The number of amides is 3. The van der Waals surface area contributed by atoms with Gasteiger partial charge in [-0.1, -0.05) is 42.8 Å². The second kappa shape index (κ2) is 11.1. The van der Waals surface area contributed by atoms with Crippen molar-refractivity contribution in [3.8, 4) is 5.75 Å². The summed E-state index contributed by atoms with van der Waals surface area (Å²) in [5.41, 5.74) is -1.27. The van der Waals surface area contributed by atoms with E-state index in [1.54, 1.807) is 40.1 Å². The monoisotopic (exact) mass is 605 g/mol. The van der Waals surface area contributed by atoms with Gasteiger partial charge in [-0.05, 0) is 68.8 Å². The lowest BCUT2D eigenvalue weighted by molar-refractivity contribution is -0.148. The predicted octanol–water partition coefficient (Wildman–Crippen LogP) is 3.99. The lowest BCUT2D eigenvalue weighted by Crippen LogP contribution is -2.58. The molecule has 4 aliphatic rings. The minimum atomic E-state index is -1.42. The number of benzene rings is 2. The van der Waals surface area contributed by atoms with Crippen molar-refractivity contribution in [3.05, 3.63) is 77.9 Å². The third-order valence-corrected chi connectivity index (χ3v) is 9.42. The first-order valence-corrected chi connectivity index (χ1v) is 15.2. The Labute approximate surface area is 256 Å². The Morgan fingerprint density at radius 3 is 2.12 bits per heavy atom. The van der Waals surface area contributed by atoms with Crippen LogP contribution in [0.5, 0.6) is 5.75 Å². The third kappa shape index (κ3) is 4.56. The van der Waals surface area contributed by atoms with Gasteiger partial charge < -0.3 is 29.3 Å². The minimum Gasteiger partial charge on any atom is -0.494 e. The SMILES string of the molecule is CCOc1ccc(N2CC=C[C@]3(C)O[C@]45C=CCN(c6ccc(Cl)cc6)C(=O)C4N([C@@H](CC)CO)C(=O)[C@@H]5[C@@H]3C2=O)cc1. The van der Waals surface area contributed by atoms with Gasteiger partial charge in [-0.25, -0.2) is 0 Å². The summed E-state index contributed by atoms with van der Waals surface area (Å²) in [5.74, 6) is -2.16. The number of ether oxygens (including phenoxy) is 2. The number of aliphatic hydroxyl groups excluding tert-OH is 1. The zero-order valence-corrected chi connectivity index (χ0v) is 25.2. The smallest absolute Gasteiger partial charge is 0.253 e. The number of carbonyl (C=O) groups excluding carboxylic acids is 3. The van der Waals surface area contributed by atoms with Crippen LogP contribution >= 0.6 is 11.6 Å². The van der Waals surface area contributed by atoms with E-state index in [-0.39, 0.29) is 30.9 Å². The molecule has 3 amide bonds. The number of halogens is 1. The molecule has 0 bridgehead atoms. The Morgan fingerprint density at radius 2 is 1.51 bits per heavy atom. The minimum absolute atomic E-state index is 0.246. The highest BCUT2D eigenvalue weighted by atomic mass is 35.5. The fourth-order valence-corrected chi connectivity index (χ4v) is 7.37. The molecule has 0 radical (unpaired) electrons. The van der Waals surface area contributed by atoms with Gasteiger partial charge in [0, 0.05) is 29.5 Å². The number of fused-ring (bicyclic) bond motifs is 2. The molecular weight excluding hydrogens is 570 g/mol. The van der Waals surface area contributed by atoms with E-state index in [0.717, 1.165) is 0 Å². The van der Waals surface area contributed by atoms with Gasteiger partial charge in [-0.15, -0.1) is 0 Å². The van der Waals surface area contributed by atoms with Crippen molar-refractivity contribution in [2.45, 2.75) is 50.5 Å². The fourth-order valence-electron chi connectivity index (χ4n) is 7.24. The Hall–Kier alpha value is -3.66. The first-order chi connectivity index (χ1) is 20.7. The molecule has 2 aromatic carbocycles. The average Bonchev–Trinajstić information content (AvgIpc) is 3.26. The van der Waals surface area contributed by atoms with Crippen LogP contribution in [0.15, 0.2) is 72.8 Å². The first-order valence-electron chi connectivity index (χ1n) is 14.8. The quantitative estimate of drug-likeness (QED) is 0.479. The third-order valence-electron chi connectivity index (χ3n) is 9.17. The Bertz CT molecular complexity index is 1470. The molecule has 6 rings (SSSR count). The van der Waals surface area contributed by atoms with Crippen LogP contribution in [0.2, 0.25) is 5.02 Å². The van der Waals surface area contributed by atoms with E-state index < -0.39 is 35.1 Å². The standard InChI is InChI=1S/C33H36ClN3O6/c1-4-22(20-38)37-28-31(41)36(23-10-8-21(34)9-11-23)19-7-17-33(28)27(30(37)40)26-29(39)35(18-6-16-32(26,3)43-33)24-12-14-25(15-13-24)42-5-2/h6-17,22,26-28,38H,4-5,18-20H2,1-3H3/t22-,26+,27-,28?,32-,33-/m0/s1. The van der Waals surface area contributed by atoms with E-state index in [0.29, 0.717) is 41.7 Å². The first kappa shape index (κ1) is 29.4. The van der Waals surface area contributed by atoms with E-state index in [1.807, 2.05) is 63.3 Å². The van der Waals surface area contributed by atoms with Crippen LogP contribution in [0.25, 0.3) is 0 Å². The van der Waals surface area contributed by atoms with Crippen molar-refractivity contribution in [1.29, 1.82) is 0 Å². The van der Waals surface area contributed by atoms with Gasteiger partial charge in [0.1, 0.15) is 17.4 Å². The molecule has 9 nitrogen and oxygen atoms in total. The summed E-state index contributed by atoms with van der Waals surface area (Å²) in [7, 11) is 0. The van der Waals surface area contributed by atoms with Crippen molar-refractivity contribution >= 4 is 40.7 Å². The summed E-state index contributed by atoms with van der Waals surface area (Å²) in [6, 6.07) is 12.5. The van der Waals surface area contributed by atoms with Crippen molar-refractivity contribution in [2.24, 2.45) is 11.8 Å². The topological polar surface area (TPSA) is 99.6 Å². The van der Waals surface area contributed by atoms with Gasteiger partial charge in [-0.2, -0.15) is 0 Å². The van der Waals surface area contributed by atoms with E-state index in [1.165, 1.54) is 4.90 Å². The Balaban J connectivity index is 1.45. The van der Waals surface area contributed by atoms with Crippen LogP contribution in [-0.4, -0.2) is 77.3 Å². The van der Waals surface area contributed by atoms with Crippen molar-refractivity contribution < 1.29 is 29.0 Å². The number of hydrogen-bond donors (Lipinski definition) is 1. The van der Waals surface area contributed by atoms with Crippen LogP contribution in [0.3, 0.4) is 0 Å². The fraction of sp³-hybridized carbons (Fsp3) is 0.424. The summed E-state index contributed by atoms with van der Waals surface area (Å²) in [4.78, 5) is 48.4. The van der Waals surface area contributed by atoms with E-state index in [4.69, 9.17) is 21.1 Å². The van der Waals surface area contributed by atoms with Gasteiger partial charge in [0.15, 0.2) is 0 Å². The molecule has 4 aliphatic heterocycles. The highest BCUT2D eigenvalue weighted by Crippen LogP contribution is 2.58. The van der Waals surface area contributed by atoms with Gasteiger partial charge in [-0.3, -0.25) is 14.4 Å². The zero-order chi connectivity index (χ0) is 30.5. The van der Waals surface area contributed by atoms with Crippen LogP contribution in [0, 0.1) is 11.8 Å². The van der Waals surface area contributed by atoms with Gasteiger partial charge in [0.2, 0.25) is 11.8 Å². The molecular formula is C33H36ClN3O6. The van der Waals surface area contributed by atoms with Gasteiger partial charge in [0.05, 0.1) is 36.7 Å². The number of aliphatic hydroxyl groups is 1. The average molecular weight is 606 g/mol. The largest absolute Gasteiger partial charge is 0.494 e. The van der Waals surface area contributed by atoms with E-state index >= 15 is 0 Å². The van der Waals surface area contributed by atoms with Gasteiger partial charge in [0.25, 0.3) is 5.91 Å². The normalized spacial score (nSPS) is 30.6. The second-order valence-corrected chi connectivity index (χ2v) is 12.0. The number of hydrogen-bond acceptors (Lipinski definition) is 6. The molecule has 226 valence electrons. The van der Waals surface area contributed by atoms with Crippen molar-refractivity contribution in [3.63, 3.8) is 0 Å². The molecule has 2 aromatic rings. The maximum absolute atomic E-state index is 14.6.